The van der Waals surface area contributed by atoms with Crippen molar-refractivity contribution in [3.8, 4) is 5.75 Å². The van der Waals surface area contributed by atoms with Gasteiger partial charge in [0.05, 0.1) is 5.56 Å². The number of Topliss-reactive ketones (excluding diaryl/α,β-unsaturated/α-hetero) is 1. The molecule has 1 unspecified atom stereocenters. The number of alkyl halides is 3. The SMILES string of the molecule is CC(=O)c1cc(C23C[C@@H]2CN(C(=O)C(F)(F)F)C3)ccc1O. The van der Waals surface area contributed by atoms with Crippen LogP contribution in [0.4, 0.5) is 13.2 Å². The van der Waals surface area contributed by atoms with Gasteiger partial charge in [0.1, 0.15) is 5.75 Å². The third-order valence-electron chi connectivity index (χ3n) is 4.63. The van der Waals surface area contributed by atoms with E-state index < -0.39 is 17.5 Å². The second kappa shape index (κ2) is 4.47. The van der Waals surface area contributed by atoms with Gasteiger partial charge in [0.2, 0.25) is 0 Å². The van der Waals surface area contributed by atoms with Gasteiger partial charge >= 0.3 is 12.1 Å². The molecular formula is C15H14F3NO3. The summed E-state index contributed by atoms with van der Waals surface area (Å²) in [5.41, 5.74) is 0.342. The van der Waals surface area contributed by atoms with Crippen molar-refractivity contribution >= 4 is 11.7 Å². The third kappa shape index (κ3) is 2.15. The lowest BCUT2D eigenvalue weighted by Gasteiger charge is -2.22. The summed E-state index contributed by atoms with van der Waals surface area (Å²) in [4.78, 5) is 23.7. The number of rotatable bonds is 2. The Labute approximate surface area is 124 Å². The topological polar surface area (TPSA) is 57.6 Å². The number of benzene rings is 1. The minimum Gasteiger partial charge on any atom is -0.507 e. The molecule has 4 nitrogen and oxygen atoms in total. The normalized spacial score (nSPS) is 26.7. The molecule has 0 bridgehead atoms. The fraction of sp³-hybridized carbons (Fsp3) is 0.467. The first-order chi connectivity index (χ1) is 10.1. The molecule has 7 heteroatoms. The summed E-state index contributed by atoms with van der Waals surface area (Å²) in [5, 5.41) is 9.66. The van der Waals surface area contributed by atoms with Crippen LogP contribution >= 0.6 is 0 Å². The van der Waals surface area contributed by atoms with Crippen molar-refractivity contribution < 1.29 is 27.9 Å². The van der Waals surface area contributed by atoms with Gasteiger partial charge in [-0.05, 0) is 37.0 Å². The van der Waals surface area contributed by atoms with Gasteiger partial charge in [0, 0.05) is 18.5 Å². The monoisotopic (exact) mass is 313 g/mol. The van der Waals surface area contributed by atoms with Crippen molar-refractivity contribution in [2.75, 3.05) is 13.1 Å². The lowest BCUT2D eigenvalue weighted by molar-refractivity contribution is -0.184. The number of phenols is 1. The summed E-state index contributed by atoms with van der Waals surface area (Å²) in [6, 6.07) is 4.52. The Morgan fingerprint density at radius 2 is 2.05 bits per heavy atom. The molecule has 1 aromatic rings. The minimum atomic E-state index is -4.86. The Kier molecular flexibility index (Phi) is 3.02. The van der Waals surface area contributed by atoms with Crippen LogP contribution in [-0.4, -0.2) is 41.0 Å². The zero-order valence-corrected chi connectivity index (χ0v) is 11.8. The number of halogens is 3. The highest BCUT2D eigenvalue weighted by Crippen LogP contribution is 2.59. The smallest absolute Gasteiger partial charge is 0.471 e. The first-order valence-corrected chi connectivity index (χ1v) is 6.86. The van der Waals surface area contributed by atoms with Crippen molar-refractivity contribution in [2.24, 2.45) is 5.92 Å². The van der Waals surface area contributed by atoms with E-state index in [1.807, 2.05) is 0 Å². The van der Waals surface area contributed by atoms with E-state index in [0.29, 0.717) is 12.0 Å². The average Bonchev–Trinajstić information content (AvgIpc) is 2.99. The van der Waals surface area contributed by atoms with Crippen LogP contribution in [0.25, 0.3) is 0 Å². The Bertz CT molecular complexity index is 670. The average molecular weight is 313 g/mol. The number of amides is 1. The molecule has 1 heterocycles. The van der Waals surface area contributed by atoms with Crippen molar-refractivity contribution in [2.45, 2.75) is 24.9 Å². The number of ketones is 1. The number of phenolic OH excluding ortho intramolecular Hbond substituents is 1. The van der Waals surface area contributed by atoms with Gasteiger partial charge in [0.25, 0.3) is 0 Å². The Hall–Kier alpha value is -2.05. The summed E-state index contributed by atoms with van der Waals surface area (Å²) in [6.45, 7) is 1.39. The van der Waals surface area contributed by atoms with Crippen molar-refractivity contribution in [3.05, 3.63) is 29.3 Å². The van der Waals surface area contributed by atoms with Crippen LogP contribution in [0.1, 0.15) is 29.3 Å². The van der Waals surface area contributed by atoms with Crippen molar-refractivity contribution in [3.63, 3.8) is 0 Å². The van der Waals surface area contributed by atoms with Crippen LogP contribution < -0.4 is 0 Å². The molecule has 2 aliphatic rings. The molecule has 2 atom stereocenters. The van der Waals surface area contributed by atoms with Crippen LogP contribution in [0, 0.1) is 5.92 Å². The summed E-state index contributed by atoms with van der Waals surface area (Å²) < 4.78 is 37.6. The minimum absolute atomic E-state index is 0.00186. The van der Waals surface area contributed by atoms with Crippen molar-refractivity contribution in [1.82, 2.24) is 4.90 Å². The number of piperidine rings is 1. The lowest BCUT2D eigenvalue weighted by atomic mass is 9.92. The van der Waals surface area contributed by atoms with E-state index in [-0.39, 0.29) is 36.1 Å². The number of fused-ring (bicyclic) bond motifs is 1. The molecule has 1 saturated carbocycles. The number of hydrogen-bond acceptors (Lipinski definition) is 3. The van der Waals surface area contributed by atoms with E-state index >= 15 is 0 Å². The second-order valence-electron chi connectivity index (χ2n) is 6.03. The highest BCUT2D eigenvalue weighted by molar-refractivity contribution is 5.97. The van der Waals surface area contributed by atoms with Gasteiger partial charge in [-0.15, -0.1) is 0 Å². The second-order valence-corrected chi connectivity index (χ2v) is 6.03. The third-order valence-corrected chi connectivity index (χ3v) is 4.63. The number of nitrogens with zero attached hydrogens (tertiary/aromatic N) is 1. The molecule has 0 spiro atoms. The van der Waals surface area contributed by atoms with Crippen LogP contribution in [-0.2, 0) is 10.2 Å². The van der Waals surface area contributed by atoms with E-state index in [0.717, 1.165) is 4.90 Å². The van der Waals surface area contributed by atoms with Gasteiger partial charge in [-0.1, -0.05) is 6.07 Å². The maximum atomic E-state index is 12.5. The highest BCUT2D eigenvalue weighted by atomic mass is 19.4. The van der Waals surface area contributed by atoms with E-state index in [9.17, 15) is 27.9 Å². The molecule has 1 aliphatic carbocycles. The number of likely N-dealkylation sites (tertiary alicyclic amines) is 1. The maximum absolute atomic E-state index is 12.5. The molecule has 0 aromatic heterocycles. The number of carbonyl (C=O) groups is 2. The number of carbonyl (C=O) groups excluding carboxylic acids is 2. The Balaban J connectivity index is 1.87. The van der Waals surface area contributed by atoms with Gasteiger partial charge < -0.3 is 10.0 Å². The molecule has 22 heavy (non-hydrogen) atoms. The first-order valence-electron chi connectivity index (χ1n) is 6.86. The van der Waals surface area contributed by atoms with Gasteiger partial charge in [-0.2, -0.15) is 13.2 Å². The summed E-state index contributed by atoms with van der Waals surface area (Å²) >= 11 is 0. The molecule has 2 fully saturated rings. The fourth-order valence-corrected chi connectivity index (χ4v) is 3.39. The number of aromatic hydroxyl groups is 1. The van der Waals surface area contributed by atoms with Crippen LogP contribution in [0.2, 0.25) is 0 Å². The maximum Gasteiger partial charge on any atom is 0.471 e. The van der Waals surface area contributed by atoms with Crippen molar-refractivity contribution in [1.29, 1.82) is 0 Å². The summed E-state index contributed by atoms with van der Waals surface area (Å²) in [5.74, 6) is -2.30. The van der Waals surface area contributed by atoms with Crippen LogP contribution in [0.3, 0.4) is 0 Å². The summed E-state index contributed by atoms with van der Waals surface area (Å²) in [6.07, 6.45) is -4.17. The Morgan fingerprint density at radius 3 is 2.64 bits per heavy atom. The highest BCUT2D eigenvalue weighted by Gasteiger charge is 2.63. The van der Waals surface area contributed by atoms with Crippen LogP contribution in [0.5, 0.6) is 5.75 Å². The Morgan fingerprint density at radius 1 is 1.36 bits per heavy atom. The lowest BCUT2D eigenvalue weighted by Crippen LogP contribution is -2.41. The van der Waals surface area contributed by atoms with Gasteiger partial charge in [-0.25, -0.2) is 0 Å². The number of hydrogen-bond donors (Lipinski definition) is 1. The van der Waals surface area contributed by atoms with E-state index in [1.54, 1.807) is 6.07 Å². The predicted molar refractivity (Wildman–Crippen MR) is 70.5 cm³/mol. The van der Waals surface area contributed by atoms with Gasteiger partial charge in [-0.3, -0.25) is 9.59 Å². The van der Waals surface area contributed by atoms with E-state index in [1.165, 1.54) is 19.1 Å². The van der Waals surface area contributed by atoms with E-state index in [2.05, 4.69) is 0 Å². The molecular weight excluding hydrogens is 299 g/mol. The summed E-state index contributed by atoms with van der Waals surface area (Å²) in [7, 11) is 0. The fourth-order valence-electron chi connectivity index (χ4n) is 3.39. The quantitative estimate of drug-likeness (QED) is 0.852. The standard InChI is InChI=1S/C15H14F3NO3/c1-8(20)11-4-9(2-3-12(11)21)14-5-10(14)6-19(7-14)13(22)15(16,17)18/h2-4,10,21H,5-7H2,1H3/t10-,14?/m1/s1. The molecule has 1 amide bonds. The molecule has 1 N–H and O–H groups in total. The molecule has 3 rings (SSSR count). The molecule has 1 aromatic carbocycles. The predicted octanol–water partition coefficient (Wildman–Crippen LogP) is 2.26. The largest absolute Gasteiger partial charge is 0.507 e. The first kappa shape index (κ1) is 14.9. The van der Waals surface area contributed by atoms with Gasteiger partial charge in [0.15, 0.2) is 5.78 Å². The molecule has 118 valence electrons. The molecule has 0 radical (unpaired) electrons. The molecule has 1 aliphatic heterocycles. The van der Waals surface area contributed by atoms with E-state index in [4.69, 9.17) is 0 Å². The molecule has 1 saturated heterocycles. The van der Waals surface area contributed by atoms with Crippen LogP contribution in [0.15, 0.2) is 18.2 Å². The zero-order valence-electron chi connectivity index (χ0n) is 11.8. The zero-order chi connectivity index (χ0) is 16.3.